The molecule has 0 saturated heterocycles. The van der Waals surface area contributed by atoms with E-state index in [-0.39, 0.29) is 18.0 Å². The zero-order valence-corrected chi connectivity index (χ0v) is 18.2. The van der Waals surface area contributed by atoms with Crippen LogP contribution >= 0.6 is 11.6 Å². The molecule has 0 radical (unpaired) electrons. The lowest BCUT2D eigenvalue weighted by Crippen LogP contribution is -2.32. The number of pyridine rings is 1. The number of aromatic nitrogens is 1. The molecule has 0 unspecified atom stereocenters. The topological polar surface area (TPSA) is 53.2 Å². The molecule has 4 nitrogen and oxygen atoms in total. The molecule has 0 spiro atoms. The number of carbonyl (C=O) groups excluding carboxylic acids is 1. The molecule has 3 aromatic carbocycles. The second-order valence-corrected chi connectivity index (χ2v) is 8.19. The van der Waals surface area contributed by atoms with Gasteiger partial charge in [-0.25, -0.2) is 0 Å². The maximum atomic E-state index is 13.3. The summed E-state index contributed by atoms with van der Waals surface area (Å²) in [5, 5.41) is 1.45. The summed E-state index contributed by atoms with van der Waals surface area (Å²) < 4.78 is 0. The summed E-state index contributed by atoms with van der Waals surface area (Å²) in [5.41, 5.74) is 4.86. The number of aryl methyl sites for hydroxylation is 2. The third kappa shape index (κ3) is 4.54. The first-order chi connectivity index (χ1) is 14.9. The largest absolute Gasteiger partial charge is 0.330 e. The first-order valence-corrected chi connectivity index (χ1v) is 10.5. The Hall–Kier alpha value is -3.37. The van der Waals surface area contributed by atoms with E-state index < -0.39 is 0 Å². The molecule has 1 aromatic heterocycles. The maximum absolute atomic E-state index is 13.3. The van der Waals surface area contributed by atoms with Crippen molar-refractivity contribution >= 4 is 28.4 Å². The number of nitrogens with zero attached hydrogens (tertiary/aromatic N) is 1. The van der Waals surface area contributed by atoms with Crippen LogP contribution in [0, 0.1) is 13.8 Å². The van der Waals surface area contributed by atoms with E-state index in [2.05, 4.69) is 4.98 Å². The van der Waals surface area contributed by atoms with Gasteiger partial charge in [-0.1, -0.05) is 60.1 Å². The van der Waals surface area contributed by atoms with E-state index in [4.69, 9.17) is 11.6 Å². The molecule has 0 bridgehead atoms. The molecule has 0 aliphatic heterocycles. The number of fused-ring (bicyclic) bond motifs is 1. The summed E-state index contributed by atoms with van der Waals surface area (Å²) in [6.45, 7) is 4.60. The molecule has 31 heavy (non-hydrogen) atoms. The van der Waals surface area contributed by atoms with Gasteiger partial charge >= 0.3 is 0 Å². The van der Waals surface area contributed by atoms with Crippen LogP contribution in [-0.2, 0) is 13.1 Å². The Morgan fingerprint density at radius 2 is 1.71 bits per heavy atom. The van der Waals surface area contributed by atoms with Crippen LogP contribution < -0.4 is 5.56 Å². The molecule has 156 valence electrons. The summed E-state index contributed by atoms with van der Waals surface area (Å²) in [4.78, 5) is 30.9. The maximum Gasteiger partial charge on any atom is 0.254 e. The highest BCUT2D eigenvalue weighted by Crippen LogP contribution is 2.21. The smallest absolute Gasteiger partial charge is 0.254 e. The number of hydrogen-bond donors (Lipinski definition) is 1. The molecule has 4 rings (SSSR count). The zero-order chi connectivity index (χ0) is 22.0. The average molecular weight is 431 g/mol. The fraction of sp³-hybridized carbons (Fsp3) is 0.154. The van der Waals surface area contributed by atoms with Gasteiger partial charge in [-0.15, -0.1) is 0 Å². The van der Waals surface area contributed by atoms with Crippen molar-refractivity contribution in [3.8, 4) is 0 Å². The lowest BCUT2D eigenvalue weighted by atomic mass is 10.0. The van der Waals surface area contributed by atoms with E-state index in [1.165, 1.54) is 0 Å². The van der Waals surface area contributed by atoms with Gasteiger partial charge in [0.1, 0.15) is 0 Å². The molecule has 0 fully saturated rings. The molecule has 1 N–H and O–H groups in total. The van der Waals surface area contributed by atoms with Gasteiger partial charge in [0.2, 0.25) is 0 Å². The van der Waals surface area contributed by atoms with Gasteiger partial charge in [0, 0.05) is 22.7 Å². The molecule has 0 aliphatic carbocycles. The minimum atomic E-state index is -0.182. The number of carbonyl (C=O) groups is 1. The molecule has 1 heterocycles. The third-order valence-electron chi connectivity index (χ3n) is 5.56. The predicted molar refractivity (Wildman–Crippen MR) is 126 cm³/mol. The van der Waals surface area contributed by atoms with Gasteiger partial charge in [-0.2, -0.15) is 0 Å². The van der Waals surface area contributed by atoms with Gasteiger partial charge in [-0.05, 0) is 60.2 Å². The van der Waals surface area contributed by atoms with Crippen molar-refractivity contribution in [1.82, 2.24) is 9.88 Å². The first-order valence-electron chi connectivity index (χ1n) is 10.1. The van der Waals surface area contributed by atoms with Gasteiger partial charge in [0.05, 0.1) is 12.1 Å². The number of nitrogens with one attached hydrogen (secondary N) is 1. The number of halogens is 1. The normalized spacial score (nSPS) is 10.9. The fourth-order valence-corrected chi connectivity index (χ4v) is 3.89. The molecule has 4 aromatic rings. The summed E-state index contributed by atoms with van der Waals surface area (Å²) in [5.74, 6) is -0.175. The van der Waals surface area contributed by atoms with Crippen molar-refractivity contribution in [3.63, 3.8) is 0 Å². The average Bonchev–Trinajstić information content (AvgIpc) is 2.77. The Balaban J connectivity index is 1.73. The van der Waals surface area contributed by atoms with Crippen LogP contribution in [0.15, 0.2) is 77.6 Å². The Labute approximate surface area is 186 Å². The van der Waals surface area contributed by atoms with Crippen LogP contribution in [0.5, 0.6) is 0 Å². The van der Waals surface area contributed by atoms with Gasteiger partial charge in [-0.3, -0.25) is 9.59 Å². The van der Waals surface area contributed by atoms with Crippen molar-refractivity contribution < 1.29 is 4.79 Å². The van der Waals surface area contributed by atoms with E-state index in [0.717, 1.165) is 27.6 Å². The molecule has 0 atom stereocenters. The van der Waals surface area contributed by atoms with E-state index >= 15 is 0 Å². The van der Waals surface area contributed by atoms with Crippen molar-refractivity contribution in [2.75, 3.05) is 0 Å². The molecular formula is C26H23ClN2O2. The lowest BCUT2D eigenvalue weighted by molar-refractivity contribution is 0.0729. The SMILES string of the molecule is Cc1ccc2cc(CN(Cc3ccccc3)C(=O)c3cccc(Cl)c3)c(=O)[nH]c2c1C. The Morgan fingerprint density at radius 3 is 2.45 bits per heavy atom. The Bertz CT molecular complexity index is 1310. The van der Waals surface area contributed by atoms with E-state index in [1.807, 2.05) is 62.4 Å². The Kier molecular flexibility index (Phi) is 5.92. The van der Waals surface area contributed by atoms with Crippen molar-refractivity contribution in [3.05, 3.63) is 116 Å². The Morgan fingerprint density at radius 1 is 0.935 bits per heavy atom. The number of H-pyrrole nitrogens is 1. The van der Waals surface area contributed by atoms with Crippen molar-refractivity contribution in [2.24, 2.45) is 0 Å². The predicted octanol–water partition coefficient (Wildman–Crippen LogP) is 5.64. The molecule has 0 aliphatic rings. The summed E-state index contributed by atoms with van der Waals surface area (Å²) >= 11 is 6.11. The number of aromatic amines is 1. The number of hydrogen-bond acceptors (Lipinski definition) is 2. The van der Waals surface area contributed by atoms with Crippen LogP contribution in [0.2, 0.25) is 5.02 Å². The number of amides is 1. The van der Waals surface area contributed by atoms with Crippen LogP contribution in [-0.4, -0.2) is 15.8 Å². The fourth-order valence-electron chi connectivity index (χ4n) is 3.70. The summed E-state index contributed by atoms with van der Waals surface area (Å²) in [6, 6.07) is 22.5. The summed E-state index contributed by atoms with van der Waals surface area (Å²) in [7, 11) is 0. The van der Waals surface area contributed by atoms with Crippen LogP contribution in [0.25, 0.3) is 10.9 Å². The van der Waals surface area contributed by atoms with Gasteiger partial charge < -0.3 is 9.88 Å². The molecular weight excluding hydrogens is 408 g/mol. The van der Waals surface area contributed by atoms with Crippen LogP contribution in [0.3, 0.4) is 0 Å². The van der Waals surface area contributed by atoms with Crippen LogP contribution in [0.4, 0.5) is 0 Å². The summed E-state index contributed by atoms with van der Waals surface area (Å²) in [6.07, 6.45) is 0. The van der Waals surface area contributed by atoms with Crippen molar-refractivity contribution in [1.29, 1.82) is 0 Å². The number of rotatable bonds is 5. The third-order valence-corrected chi connectivity index (χ3v) is 5.80. The molecule has 1 amide bonds. The van der Waals surface area contributed by atoms with Gasteiger partial charge in [0.15, 0.2) is 0 Å². The molecule has 0 saturated carbocycles. The minimum absolute atomic E-state index is 0.175. The second-order valence-electron chi connectivity index (χ2n) is 7.75. The highest BCUT2D eigenvalue weighted by Gasteiger charge is 2.19. The monoisotopic (exact) mass is 430 g/mol. The first kappa shape index (κ1) is 20.9. The second kappa shape index (κ2) is 8.78. The van der Waals surface area contributed by atoms with Crippen molar-refractivity contribution in [2.45, 2.75) is 26.9 Å². The zero-order valence-electron chi connectivity index (χ0n) is 17.5. The standard InChI is InChI=1S/C26H23ClN2O2/c1-17-11-12-20-13-22(25(30)28-24(20)18(17)2)16-29(15-19-7-4-3-5-8-19)26(31)21-9-6-10-23(27)14-21/h3-14H,15-16H2,1-2H3,(H,28,30). The van der Waals surface area contributed by atoms with Crippen LogP contribution in [0.1, 0.15) is 32.6 Å². The highest BCUT2D eigenvalue weighted by molar-refractivity contribution is 6.30. The van der Waals surface area contributed by atoms with E-state index in [1.54, 1.807) is 29.2 Å². The number of benzene rings is 3. The quantitative estimate of drug-likeness (QED) is 0.445. The minimum Gasteiger partial charge on any atom is -0.330 e. The lowest BCUT2D eigenvalue weighted by Gasteiger charge is -2.23. The van der Waals surface area contributed by atoms with E-state index in [9.17, 15) is 9.59 Å². The highest BCUT2D eigenvalue weighted by atomic mass is 35.5. The van der Waals surface area contributed by atoms with Gasteiger partial charge in [0.25, 0.3) is 11.5 Å². The molecule has 5 heteroatoms. The van der Waals surface area contributed by atoms with E-state index in [0.29, 0.717) is 22.7 Å².